The summed E-state index contributed by atoms with van der Waals surface area (Å²) in [5.41, 5.74) is 3.91. The number of likely N-dealkylation sites (tertiary alicyclic amines) is 1. The van der Waals surface area contributed by atoms with Gasteiger partial charge in [0.2, 0.25) is 0 Å². The lowest BCUT2D eigenvalue weighted by molar-refractivity contribution is -0.0599. The van der Waals surface area contributed by atoms with E-state index < -0.39 is 11.6 Å². The number of aliphatic hydroxyl groups is 1. The average molecular weight is 611 g/mol. The number of H-pyrrole nitrogens is 1. The molecule has 3 aromatic carbocycles. The molecule has 1 amide bonds. The summed E-state index contributed by atoms with van der Waals surface area (Å²) < 4.78 is 10.3. The highest BCUT2D eigenvalue weighted by atomic mass is 16.5. The quantitative estimate of drug-likeness (QED) is 0.209. The van der Waals surface area contributed by atoms with E-state index in [0.29, 0.717) is 90.2 Å². The first kappa shape index (κ1) is 30.5. The number of benzene rings is 3. The van der Waals surface area contributed by atoms with Crippen molar-refractivity contribution in [3.63, 3.8) is 0 Å². The molecule has 2 saturated heterocycles. The number of aryl methyl sites for hydroxylation is 1. The first-order chi connectivity index (χ1) is 21.7. The van der Waals surface area contributed by atoms with Crippen LogP contribution in [0, 0.1) is 6.92 Å². The first-order valence-corrected chi connectivity index (χ1v) is 15.2. The average Bonchev–Trinajstić information content (AvgIpc) is 3.37. The summed E-state index contributed by atoms with van der Waals surface area (Å²) in [4.78, 5) is 37.6. The zero-order chi connectivity index (χ0) is 31.6. The predicted molar refractivity (Wildman–Crippen MR) is 172 cm³/mol. The molecule has 0 atom stereocenters. The molecular formula is C35H38N4O6. The number of methoxy groups -OCH3 is 1. The molecule has 0 radical (unpaired) electrons. The molecule has 4 aromatic rings. The number of ether oxygens (including phenoxy) is 2. The van der Waals surface area contributed by atoms with Crippen LogP contribution >= 0.6 is 0 Å². The summed E-state index contributed by atoms with van der Waals surface area (Å²) in [6, 6.07) is 20.2. The van der Waals surface area contributed by atoms with E-state index in [2.05, 4.69) is 9.88 Å². The number of piperidine rings is 1. The number of fused-ring (bicyclic) bond motifs is 1. The van der Waals surface area contributed by atoms with Crippen LogP contribution in [0.4, 0.5) is 5.69 Å². The van der Waals surface area contributed by atoms with Gasteiger partial charge in [-0.15, -0.1) is 0 Å². The standard InChI is InChI=1S/C35H38N4O6/c1-23-20-28-29(21-27(23)34(42)44-2)37-32(40)30(28)31(24-6-4-3-5-7-24)36-26-10-8-25(9-11-26)33(41)39-14-12-35(43,13-15-39)22-38-16-18-45-19-17-38/h3-11,20-21,37,40,43H,12-19,22H2,1-2H3. The molecule has 1 aromatic heterocycles. The Morgan fingerprint density at radius 3 is 2.33 bits per heavy atom. The number of morpholine rings is 1. The summed E-state index contributed by atoms with van der Waals surface area (Å²) >= 11 is 0. The van der Waals surface area contributed by atoms with Crippen LogP contribution in [0.15, 0.2) is 71.7 Å². The van der Waals surface area contributed by atoms with E-state index in [0.717, 1.165) is 18.7 Å². The van der Waals surface area contributed by atoms with E-state index in [4.69, 9.17) is 14.5 Å². The number of rotatable bonds is 7. The van der Waals surface area contributed by atoms with Gasteiger partial charge in [-0.25, -0.2) is 9.79 Å². The number of aromatic hydroxyl groups is 1. The molecule has 10 nitrogen and oxygen atoms in total. The molecule has 0 spiro atoms. The highest BCUT2D eigenvalue weighted by Crippen LogP contribution is 2.34. The Bertz CT molecular complexity index is 1720. The topological polar surface area (TPSA) is 128 Å². The van der Waals surface area contributed by atoms with Crippen LogP contribution in [-0.2, 0) is 9.47 Å². The summed E-state index contributed by atoms with van der Waals surface area (Å²) in [7, 11) is 1.34. The zero-order valence-corrected chi connectivity index (χ0v) is 25.6. The number of hydrogen-bond acceptors (Lipinski definition) is 8. The van der Waals surface area contributed by atoms with Gasteiger partial charge < -0.3 is 29.6 Å². The van der Waals surface area contributed by atoms with Crippen molar-refractivity contribution in [2.75, 3.05) is 53.0 Å². The molecule has 234 valence electrons. The highest BCUT2D eigenvalue weighted by Gasteiger charge is 2.36. The number of hydrogen-bond donors (Lipinski definition) is 3. The van der Waals surface area contributed by atoms with Gasteiger partial charge in [-0.2, -0.15) is 0 Å². The second-order valence-electron chi connectivity index (χ2n) is 11.8. The smallest absolute Gasteiger partial charge is 0.338 e. The summed E-state index contributed by atoms with van der Waals surface area (Å²) in [5, 5.41) is 23.0. The van der Waals surface area contributed by atoms with Crippen molar-refractivity contribution in [2.45, 2.75) is 25.4 Å². The molecule has 0 unspecified atom stereocenters. The first-order valence-electron chi connectivity index (χ1n) is 15.2. The number of amides is 1. The molecule has 0 bridgehead atoms. The van der Waals surface area contributed by atoms with Gasteiger partial charge in [-0.1, -0.05) is 30.3 Å². The van der Waals surface area contributed by atoms with Crippen molar-refractivity contribution in [1.82, 2.24) is 14.8 Å². The monoisotopic (exact) mass is 610 g/mol. The van der Waals surface area contributed by atoms with Gasteiger partial charge in [-0.05, 0) is 61.7 Å². The van der Waals surface area contributed by atoms with Crippen molar-refractivity contribution in [2.24, 2.45) is 4.99 Å². The van der Waals surface area contributed by atoms with Crippen LogP contribution in [0.25, 0.3) is 10.9 Å². The minimum Gasteiger partial charge on any atom is -0.494 e. The minimum atomic E-state index is -0.798. The number of carbonyl (C=O) groups is 2. The maximum atomic E-state index is 13.4. The van der Waals surface area contributed by atoms with Gasteiger partial charge in [0, 0.05) is 54.8 Å². The van der Waals surface area contributed by atoms with Gasteiger partial charge >= 0.3 is 5.97 Å². The number of aliphatic imine (C=N–C) groups is 1. The molecule has 2 fully saturated rings. The fourth-order valence-corrected chi connectivity index (χ4v) is 6.22. The van der Waals surface area contributed by atoms with Crippen LogP contribution in [0.3, 0.4) is 0 Å². The van der Waals surface area contributed by atoms with Crippen LogP contribution < -0.4 is 0 Å². The maximum absolute atomic E-state index is 13.4. The third-order valence-electron chi connectivity index (χ3n) is 8.77. The third kappa shape index (κ3) is 6.49. The Morgan fingerprint density at radius 1 is 0.978 bits per heavy atom. The van der Waals surface area contributed by atoms with Crippen molar-refractivity contribution in [3.05, 3.63) is 94.5 Å². The van der Waals surface area contributed by atoms with E-state index in [9.17, 15) is 19.8 Å². The number of esters is 1. The second kappa shape index (κ2) is 12.8. The van der Waals surface area contributed by atoms with Gasteiger partial charge in [0.15, 0.2) is 5.88 Å². The Labute approximate surface area is 261 Å². The van der Waals surface area contributed by atoms with E-state index in [1.165, 1.54) is 7.11 Å². The Hall–Kier alpha value is -4.51. The molecule has 45 heavy (non-hydrogen) atoms. The van der Waals surface area contributed by atoms with Crippen LogP contribution in [-0.4, -0.2) is 101 Å². The van der Waals surface area contributed by atoms with Crippen molar-refractivity contribution in [3.8, 4) is 5.88 Å². The molecular weight excluding hydrogens is 572 g/mol. The maximum Gasteiger partial charge on any atom is 0.338 e. The number of nitrogens with zero attached hydrogens (tertiary/aromatic N) is 3. The molecule has 0 aliphatic carbocycles. The van der Waals surface area contributed by atoms with Crippen molar-refractivity contribution < 1.29 is 29.3 Å². The van der Waals surface area contributed by atoms with E-state index in [1.807, 2.05) is 43.3 Å². The molecule has 2 aliphatic rings. The SMILES string of the molecule is COC(=O)c1cc2[nH]c(O)c(C(=Nc3ccc(C(=O)N4CCC(O)(CN5CCOCC5)CC4)cc3)c3ccccc3)c2cc1C. The number of aromatic amines is 1. The normalized spacial score (nSPS) is 17.4. The Balaban J connectivity index is 1.24. The van der Waals surface area contributed by atoms with E-state index in [-0.39, 0.29) is 11.8 Å². The fraction of sp³-hybridized carbons (Fsp3) is 0.343. The van der Waals surface area contributed by atoms with E-state index in [1.54, 1.807) is 35.2 Å². The number of aromatic nitrogens is 1. The van der Waals surface area contributed by atoms with Crippen LogP contribution in [0.2, 0.25) is 0 Å². The third-order valence-corrected chi connectivity index (χ3v) is 8.77. The molecule has 3 heterocycles. The minimum absolute atomic E-state index is 0.0699. The van der Waals surface area contributed by atoms with Gasteiger partial charge in [0.05, 0.1) is 48.5 Å². The van der Waals surface area contributed by atoms with Crippen molar-refractivity contribution in [1.29, 1.82) is 0 Å². The molecule has 10 heteroatoms. The van der Waals surface area contributed by atoms with E-state index >= 15 is 0 Å². The van der Waals surface area contributed by atoms with Gasteiger partial charge in [-0.3, -0.25) is 9.69 Å². The number of carbonyl (C=O) groups excluding carboxylic acids is 2. The largest absolute Gasteiger partial charge is 0.494 e. The molecule has 6 rings (SSSR count). The molecule has 3 N–H and O–H groups in total. The lowest BCUT2D eigenvalue weighted by Gasteiger charge is -2.41. The Kier molecular flexibility index (Phi) is 8.71. The van der Waals surface area contributed by atoms with Gasteiger partial charge in [0.25, 0.3) is 5.91 Å². The lowest BCUT2D eigenvalue weighted by Crippen LogP contribution is -2.53. The van der Waals surface area contributed by atoms with Crippen LogP contribution in [0.1, 0.15) is 50.2 Å². The van der Waals surface area contributed by atoms with Crippen molar-refractivity contribution >= 4 is 34.2 Å². The van der Waals surface area contributed by atoms with Gasteiger partial charge in [0.1, 0.15) is 0 Å². The lowest BCUT2D eigenvalue weighted by atomic mass is 9.90. The second-order valence-corrected chi connectivity index (χ2v) is 11.8. The molecule has 2 aliphatic heterocycles. The number of β-amino-alcohol motifs (C(OH)–C–C–N with tert-alkyl or cyclic N) is 1. The fourth-order valence-electron chi connectivity index (χ4n) is 6.22. The summed E-state index contributed by atoms with van der Waals surface area (Å²) in [6.45, 7) is 6.43. The highest BCUT2D eigenvalue weighted by molar-refractivity contribution is 6.22. The molecule has 0 saturated carbocycles. The zero-order valence-electron chi connectivity index (χ0n) is 25.6. The van der Waals surface area contributed by atoms with Crippen LogP contribution in [0.5, 0.6) is 5.88 Å². The summed E-state index contributed by atoms with van der Waals surface area (Å²) in [6.07, 6.45) is 1.07. The Morgan fingerprint density at radius 2 is 1.67 bits per heavy atom. The predicted octanol–water partition coefficient (Wildman–Crippen LogP) is 4.44. The summed E-state index contributed by atoms with van der Waals surface area (Å²) in [5.74, 6) is -0.599. The number of nitrogens with one attached hydrogen (secondary N) is 1.